The molecule has 1 saturated heterocycles. The highest BCUT2D eigenvalue weighted by atomic mass is 79.9. The molecule has 3 heteroatoms. The van der Waals surface area contributed by atoms with E-state index in [1.807, 2.05) is 0 Å². The number of rotatable bonds is 1. The van der Waals surface area contributed by atoms with E-state index in [1.54, 1.807) is 0 Å². The number of hydrogen-bond acceptors (Lipinski definition) is 2. The fourth-order valence-electron chi connectivity index (χ4n) is 0.623. The first-order valence-corrected chi connectivity index (χ1v) is 3.81. The molecule has 0 unspecified atom stereocenters. The maximum atomic E-state index is 5.16. The molecule has 8 heavy (non-hydrogen) atoms. The zero-order valence-electron chi connectivity index (χ0n) is 4.60. The van der Waals surface area contributed by atoms with E-state index in [-0.39, 0.29) is 0 Å². The minimum absolute atomic E-state index is 0.378. The first-order valence-electron chi connectivity index (χ1n) is 2.69. The first-order chi connectivity index (χ1) is 3.93. The molecular weight excluding hydrogens is 172 g/mol. The molecule has 1 rings (SSSR count). The molecule has 0 saturated carbocycles. The fraction of sp³-hybridized carbons (Fsp3) is 1.00. The van der Waals surface area contributed by atoms with E-state index < -0.39 is 0 Å². The predicted octanol–water partition coefficient (Wildman–Crippen LogP) is 1.14. The molecule has 1 fully saturated rings. The Kier molecular flexibility index (Phi) is 2.80. The van der Waals surface area contributed by atoms with Crippen molar-refractivity contribution in [1.29, 1.82) is 0 Å². The van der Waals surface area contributed by atoms with Gasteiger partial charge in [0.05, 0.1) is 12.7 Å². The molecule has 0 bridgehead atoms. The number of halogens is 1. The van der Waals surface area contributed by atoms with Crippen LogP contribution in [0, 0.1) is 0 Å². The fourth-order valence-corrected chi connectivity index (χ4v) is 1.13. The quantitative estimate of drug-likeness (QED) is 0.564. The zero-order valence-corrected chi connectivity index (χ0v) is 6.19. The van der Waals surface area contributed by atoms with Crippen LogP contribution in [0.25, 0.3) is 0 Å². The summed E-state index contributed by atoms with van der Waals surface area (Å²) >= 11 is 3.33. The normalized spacial score (nSPS) is 30.4. The first kappa shape index (κ1) is 6.52. The smallest absolute Gasteiger partial charge is 0.147 e. The second-order valence-electron chi connectivity index (χ2n) is 1.76. The Morgan fingerprint density at radius 3 is 2.88 bits per heavy atom. The summed E-state index contributed by atoms with van der Waals surface area (Å²) in [6.07, 6.45) is 1.40. The molecule has 0 amide bonds. The van der Waals surface area contributed by atoms with Crippen LogP contribution in [0.15, 0.2) is 0 Å². The van der Waals surface area contributed by atoms with Crippen molar-refractivity contribution in [1.82, 2.24) is 0 Å². The van der Waals surface area contributed by atoms with E-state index in [0.717, 1.165) is 18.4 Å². The van der Waals surface area contributed by atoms with Gasteiger partial charge in [-0.1, -0.05) is 15.9 Å². The molecule has 48 valence electrons. The SMILES string of the molecule is BrC[C@@H]1CCOCO1. The lowest BCUT2D eigenvalue weighted by atomic mass is 10.3. The molecular formula is C5H9BrO2. The number of hydrogen-bond donors (Lipinski definition) is 0. The van der Waals surface area contributed by atoms with Gasteiger partial charge in [-0.05, 0) is 6.42 Å². The van der Waals surface area contributed by atoms with Crippen LogP contribution < -0.4 is 0 Å². The summed E-state index contributed by atoms with van der Waals surface area (Å²) in [5.74, 6) is 0. The molecule has 1 aliphatic rings. The van der Waals surface area contributed by atoms with E-state index in [2.05, 4.69) is 15.9 Å². The maximum absolute atomic E-state index is 5.16. The van der Waals surface area contributed by atoms with E-state index in [9.17, 15) is 0 Å². The molecule has 0 radical (unpaired) electrons. The monoisotopic (exact) mass is 180 g/mol. The summed E-state index contributed by atoms with van der Waals surface area (Å²) in [4.78, 5) is 0. The van der Waals surface area contributed by atoms with Gasteiger partial charge in [-0.25, -0.2) is 0 Å². The molecule has 0 N–H and O–H groups in total. The highest BCUT2D eigenvalue weighted by Gasteiger charge is 2.10. The molecule has 1 aliphatic heterocycles. The summed E-state index contributed by atoms with van der Waals surface area (Å²) in [5, 5.41) is 0.927. The van der Waals surface area contributed by atoms with Crippen LogP contribution in [0.1, 0.15) is 6.42 Å². The molecule has 0 aromatic rings. The molecule has 0 aliphatic carbocycles. The third kappa shape index (κ3) is 1.73. The summed E-state index contributed by atoms with van der Waals surface area (Å²) in [7, 11) is 0. The number of alkyl halides is 1. The van der Waals surface area contributed by atoms with Gasteiger partial charge in [0.15, 0.2) is 0 Å². The van der Waals surface area contributed by atoms with Crippen molar-refractivity contribution in [2.24, 2.45) is 0 Å². The second kappa shape index (κ2) is 3.43. The average molecular weight is 181 g/mol. The summed E-state index contributed by atoms with van der Waals surface area (Å²) in [6, 6.07) is 0. The van der Waals surface area contributed by atoms with Crippen LogP contribution in [0.2, 0.25) is 0 Å². The van der Waals surface area contributed by atoms with E-state index in [1.165, 1.54) is 0 Å². The van der Waals surface area contributed by atoms with Crippen LogP contribution in [0.3, 0.4) is 0 Å². The van der Waals surface area contributed by atoms with Crippen LogP contribution >= 0.6 is 15.9 Å². The van der Waals surface area contributed by atoms with Gasteiger partial charge in [0, 0.05) is 5.33 Å². The molecule has 0 aromatic carbocycles. The third-order valence-corrected chi connectivity index (χ3v) is 1.87. The van der Waals surface area contributed by atoms with E-state index >= 15 is 0 Å². The van der Waals surface area contributed by atoms with Crippen molar-refractivity contribution >= 4 is 15.9 Å². The lowest BCUT2D eigenvalue weighted by molar-refractivity contribution is -0.130. The van der Waals surface area contributed by atoms with Gasteiger partial charge in [0.2, 0.25) is 0 Å². The lowest BCUT2D eigenvalue weighted by Crippen LogP contribution is -2.24. The minimum Gasteiger partial charge on any atom is -0.355 e. The zero-order chi connectivity index (χ0) is 5.82. The van der Waals surface area contributed by atoms with Crippen molar-refractivity contribution < 1.29 is 9.47 Å². The summed E-state index contributed by atoms with van der Waals surface area (Å²) < 4.78 is 10.1. The van der Waals surface area contributed by atoms with E-state index in [0.29, 0.717) is 12.9 Å². The number of ether oxygens (including phenoxy) is 2. The molecule has 1 heterocycles. The Bertz CT molecular complexity index is 61.4. The molecule has 2 nitrogen and oxygen atoms in total. The van der Waals surface area contributed by atoms with Gasteiger partial charge in [0.25, 0.3) is 0 Å². The Morgan fingerprint density at radius 2 is 2.50 bits per heavy atom. The van der Waals surface area contributed by atoms with Crippen molar-refractivity contribution in [3.05, 3.63) is 0 Å². The van der Waals surface area contributed by atoms with Crippen molar-refractivity contribution in [2.45, 2.75) is 12.5 Å². The summed E-state index contributed by atoms with van der Waals surface area (Å²) in [6.45, 7) is 1.31. The second-order valence-corrected chi connectivity index (χ2v) is 2.41. The Balaban J connectivity index is 2.13. The van der Waals surface area contributed by atoms with Crippen LogP contribution in [0.5, 0.6) is 0 Å². The van der Waals surface area contributed by atoms with Gasteiger partial charge >= 0.3 is 0 Å². The third-order valence-electron chi connectivity index (χ3n) is 1.14. The lowest BCUT2D eigenvalue weighted by Gasteiger charge is -2.20. The largest absolute Gasteiger partial charge is 0.355 e. The van der Waals surface area contributed by atoms with Gasteiger partial charge in [-0.15, -0.1) is 0 Å². The van der Waals surface area contributed by atoms with Crippen LogP contribution in [-0.2, 0) is 9.47 Å². The Labute approximate surface area is 57.3 Å². The van der Waals surface area contributed by atoms with Gasteiger partial charge in [-0.2, -0.15) is 0 Å². The molecule has 1 atom stereocenters. The maximum Gasteiger partial charge on any atom is 0.147 e. The molecule has 0 aromatic heterocycles. The van der Waals surface area contributed by atoms with Crippen molar-refractivity contribution in [3.63, 3.8) is 0 Å². The highest BCUT2D eigenvalue weighted by Crippen LogP contribution is 2.07. The summed E-state index contributed by atoms with van der Waals surface area (Å²) in [5.41, 5.74) is 0. The van der Waals surface area contributed by atoms with Crippen molar-refractivity contribution in [3.8, 4) is 0 Å². The van der Waals surface area contributed by atoms with Gasteiger partial charge in [0.1, 0.15) is 6.79 Å². The van der Waals surface area contributed by atoms with Crippen LogP contribution in [0.4, 0.5) is 0 Å². The standard InChI is InChI=1S/C5H9BrO2/c6-3-5-1-2-7-4-8-5/h5H,1-4H2/t5-/m0/s1. The predicted molar refractivity (Wildman–Crippen MR) is 34.1 cm³/mol. The average Bonchev–Trinajstić information content (AvgIpc) is 1.90. The topological polar surface area (TPSA) is 18.5 Å². The Hall–Kier alpha value is 0.400. The van der Waals surface area contributed by atoms with Crippen LogP contribution in [-0.4, -0.2) is 24.8 Å². The molecule has 0 spiro atoms. The Morgan fingerprint density at radius 1 is 1.62 bits per heavy atom. The van der Waals surface area contributed by atoms with Gasteiger partial charge < -0.3 is 9.47 Å². The minimum atomic E-state index is 0.378. The van der Waals surface area contributed by atoms with E-state index in [4.69, 9.17) is 9.47 Å². The van der Waals surface area contributed by atoms with Crippen molar-refractivity contribution in [2.75, 3.05) is 18.7 Å². The highest BCUT2D eigenvalue weighted by molar-refractivity contribution is 9.09. The van der Waals surface area contributed by atoms with Gasteiger partial charge in [-0.3, -0.25) is 0 Å².